The minimum absolute atomic E-state index is 0.127. The van der Waals surface area contributed by atoms with Gasteiger partial charge in [-0.1, -0.05) is 72.3 Å². The maximum atomic E-state index is 6.47. The van der Waals surface area contributed by atoms with Gasteiger partial charge in [0.15, 0.2) is 0 Å². The standard InChI is InChI=1S/C18H14ClN/c19-16-11-17(13-7-3-1-4-8-13)20-18(12-15(16)18)14-9-5-2-6-10-14/h1-11,15H,12H2. The first kappa shape index (κ1) is 11.9. The van der Waals surface area contributed by atoms with Gasteiger partial charge in [0, 0.05) is 11.0 Å². The quantitative estimate of drug-likeness (QED) is 0.766. The van der Waals surface area contributed by atoms with Gasteiger partial charge < -0.3 is 0 Å². The summed E-state index contributed by atoms with van der Waals surface area (Å²) in [4.78, 5) is 5.03. The van der Waals surface area contributed by atoms with Crippen LogP contribution in [0.4, 0.5) is 0 Å². The lowest BCUT2D eigenvalue weighted by Gasteiger charge is -2.19. The van der Waals surface area contributed by atoms with Crippen molar-refractivity contribution in [3.8, 4) is 0 Å². The van der Waals surface area contributed by atoms with Crippen LogP contribution in [-0.4, -0.2) is 5.71 Å². The van der Waals surface area contributed by atoms with Crippen LogP contribution >= 0.6 is 11.6 Å². The van der Waals surface area contributed by atoms with Crippen molar-refractivity contribution in [2.75, 3.05) is 0 Å². The van der Waals surface area contributed by atoms with Crippen LogP contribution in [0.1, 0.15) is 17.5 Å². The van der Waals surface area contributed by atoms with E-state index in [4.69, 9.17) is 16.6 Å². The van der Waals surface area contributed by atoms with Crippen LogP contribution in [0.2, 0.25) is 0 Å². The van der Waals surface area contributed by atoms with Crippen molar-refractivity contribution in [3.05, 3.63) is 82.9 Å². The Balaban J connectivity index is 1.82. The number of aliphatic imine (C=N–C) groups is 1. The number of allylic oxidation sites excluding steroid dienone is 1. The Morgan fingerprint density at radius 2 is 1.60 bits per heavy atom. The second-order valence-corrected chi connectivity index (χ2v) is 5.88. The fraction of sp³-hybridized carbons (Fsp3) is 0.167. The van der Waals surface area contributed by atoms with Gasteiger partial charge in [0.05, 0.1) is 11.3 Å². The smallest absolute Gasteiger partial charge is 0.0948 e. The number of fused-ring (bicyclic) bond motifs is 1. The summed E-state index contributed by atoms with van der Waals surface area (Å²) in [6, 6.07) is 20.8. The SMILES string of the molecule is ClC1=CC(c2ccccc2)=NC2(c3ccccc3)CC12. The van der Waals surface area contributed by atoms with E-state index in [1.54, 1.807) is 0 Å². The zero-order valence-corrected chi connectivity index (χ0v) is 11.7. The van der Waals surface area contributed by atoms with Gasteiger partial charge in [0.1, 0.15) is 0 Å². The lowest BCUT2D eigenvalue weighted by molar-refractivity contribution is 0.687. The van der Waals surface area contributed by atoms with E-state index in [1.807, 2.05) is 30.3 Å². The summed E-state index contributed by atoms with van der Waals surface area (Å²) >= 11 is 6.47. The van der Waals surface area contributed by atoms with Gasteiger partial charge in [-0.15, -0.1) is 0 Å². The minimum atomic E-state index is -0.127. The van der Waals surface area contributed by atoms with Crippen LogP contribution in [0.5, 0.6) is 0 Å². The Hall–Kier alpha value is -1.86. The first-order chi connectivity index (χ1) is 9.79. The van der Waals surface area contributed by atoms with Gasteiger partial charge in [-0.3, -0.25) is 4.99 Å². The summed E-state index contributed by atoms with van der Waals surface area (Å²) in [6.07, 6.45) is 3.04. The predicted octanol–water partition coefficient (Wildman–Crippen LogP) is 4.53. The Morgan fingerprint density at radius 1 is 0.950 bits per heavy atom. The molecule has 2 heteroatoms. The highest BCUT2D eigenvalue weighted by molar-refractivity contribution is 6.33. The third kappa shape index (κ3) is 1.74. The fourth-order valence-corrected chi connectivity index (χ4v) is 3.41. The number of dihydropyridines is 1. The number of hydrogen-bond donors (Lipinski definition) is 0. The Labute approximate surface area is 123 Å². The number of rotatable bonds is 2. The highest BCUT2D eigenvalue weighted by atomic mass is 35.5. The summed E-state index contributed by atoms with van der Waals surface area (Å²) < 4.78 is 0. The van der Waals surface area contributed by atoms with Crippen molar-refractivity contribution in [2.45, 2.75) is 12.0 Å². The maximum absolute atomic E-state index is 6.47. The van der Waals surface area contributed by atoms with Crippen molar-refractivity contribution in [2.24, 2.45) is 10.9 Å². The van der Waals surface area contributed by atoms with E-state index in [9.17, 15) is 0 Å². The molecule has 0 aromatic heterocycles. The van der Waals surface area contributed by atoms with E-state index < -0.39 is 0 Å². The van der Waals surface area contributed by atoms with Crippen molar-refractivity contribution in [1.29, 1.82) is 0 Å². The first-order valence-corrected chi connectivity index (χ1v) is 7.25. The lowest BCUT2D eigenvalue weighted by atomic mass is 9.98. The molecule has 2 aliphatic rings. The molecular formula is C18H14ClN. The van der Waals surface area contributed by atoms with E-state index >= 15 is 0 Å². The molecule has 1 fully saturated rings. The summed E-state index contributed by atoms with van der Waals surface area (Å²) in [5, 5.41) is 0.933. The van der Waals surface area contributed by atoms with Crippen molar-refractivity contribution in [3.63, 3.8) is 0 Å². The maximum Gasteiger partial charge on any atom is 0.0948 e. The third-order valence-electron chi connectivity index (χ3n) is 4.20. The molecule has 2 unspecified atom stereocenters. The normalized spacial score (nSPS) is 27.4. The molecular weight excluding hydrogens is 266 g/mol. The van der Waals surface area contributed by atoms with Crippen LogP contribution in [0.15, 0.2) is 76.8 Å². The van der Waals surface area contributed by atoms with Crippen LogP contribution in [-0.2, 0) is 5.54 Å². The molecule has 1 nitrogen and oxygen atoms in total. The molecule has 98 valence electrons. The third-order valence-corrected chi connectivity index (χ3v) is 4.57. The van der Waals surface area contributed by atoms with Crippen molar-refractivity contribution in [1.82, 2.24) is 0 Å². The zero-order chi connectivity index (χ0) is 13.6. The number of nitrogens with zero attached hydrogens (tertiary/aromatic N) is 1. The van der Waals surface area contributed by atoms with E-state index in [0.29, 0.717) is 5.92 Å². The van der Waals surface area contributed by atoms with Gasteiger partial charge in [0.2, 0.25) is 0 Å². The Morgan fingerprint density at radius 3 is 2.30 bits per heavy atom. The first-order valence-electron chi connectivity index (χ1n) is 6.87. The van der Waals surface area contributed by atoms with Crippen molar-refractivity contribution < 1.29 is 0 Å². The molecule has 0 bridgehead atoms. The molecule has 0 N–H and O–H groups in total. The lowest BCUT2D eigenvalue weighted by Crippen LogP contribution is -2.15. The second-order valence-electron chi connectivity index (χ2n) is 5.44. The van der Waals surface area contributed by atoms with Gasteiger partial charge in [0.25, 0.3) is 0 Å². The molecule has 0 saturated heterocycles. The fourth-order valence-electron chi connectivity index (χ4n) is 3.05. The molecule has 2 aromatic rings. The van der Waals surface area contributed by atoms with Gasteiger partial charge in [-0.05, 0) is 23.6 Å². The van der Waals surface area contributed by atoms with Gasteiger partial charge >= 0.3 is 0 Å². The molecule has 20 heavy (non-hydrogen) atoms. The molecule has 2 atom stereocenters. The highest BCUT2D eigenvalue weighted by Crippen LogP contribution is 2.61. The average Bonchev–Trinajstić information content (AvgIpc) is 3.26. The number of benzene rings is 2. The predicted molar refractivity (Wildman–Crippen MR) is 83.1 cm³/mol. The Kier molecular flexibility index (Phi) is 2.58. The summed E-state index contributed by atoms with van der Waals surface area (Å²) in [7, 11) is 0. The minimum Gasteiger partial charge on any atom is -0.273 e. The number of halogens is 1. The molecule has 2 aromatic carbocycles. The summed E-state index contributed by atoms with van der Waals surface area (Å²) in [6.45, 7) is 0. The molecule has 0 spiro atoms. The summed E-state index contributed by atoms with van der Waals surface area (Å²) in [5.74, 6) is 0.360. The Bertz CT molecular complexity index is 703. The highest BCUT2D eigenvalue weighted by Gasteiger charge is 2.58. The van der Waals surface area contributed by atoms with E-state index in [0.717, 1.165) is 22.7 Å². The second kappa shape index (κ2) is 4.32. The van der Waals surface area contributed by atoms with Crippen LogP contribution < -0.4 is 0 Å². The largest absolute Gasteiger partial charge is 0.273 e. The van der Waals surface area contributed by atoms with Gasteiger partial charge in [-0.2, -0.15) is 0 Å². The van der Waals surface area contributed by atoms with E-state index in [1.165, 1.54) is 5.56 Å². The average molecular weight is 280 g/mol. The van der Waals surface area contributed by atoms with E-state index in [-0.39, 0.29) is 5.54 Å². The molecule has 1 aliphatic heterocycles. The molecule has 1 saturated carbocycles. The van der Waals surface area contributed by atoms with Gasteiger partial charge in [-0.25, -0.2) is 0 Å². The van der Waals surface area contributed by atoms with E-state index in [2.05, 4.69) is 36.4 Å². The molecule has 0 radical (unpaired) electrons. The number of hydrogen-bond acceptors (Lipinski definition) is 1. The zero-order valence-electron chi connectivity index (χ0n) is 11.0. The topological polar surface area (TPSA) is 12.4 Å². The molecule has 1 aliphatic carbocycles. The molecule has 4 rings (SSSR count). The monoisotopic (exact) mass is 279 g/mol. The molecule has 1 heterocycles. The molecule has 0 amide bonds. The van der Waals surface area contributed by atoms with Crippen LogP contribution in [0.25, 0.3) is 0 Å². The summed E-state index contributed by atoms with van der Waals surface area (Å²) in [5.41, 5.74) is 3.27. The van der Waals surface area contributed by atoms with Crippen molar-refractivity contribution >= 4 is 17.3 Å². The van der Waals surface area contributed by atoms with Crippen LogP contribution in [0.3, 0.4) is 0 Å². The van der Waals surface area contributed by atoms with Crippen LogP contribution in [0, 0.1) is 5.92 Å².